The van der Waals surface area contributed by atoms with Crippen molar-refractivity contribution < 1.29 is 19.1 Å². The summed E-state index contributed by atoms with van der Waals surface area (Å²) >= 11 is 0. The van der Waals surface area contributed by atoms with Gasteiger partial charge in [0.2, 0.25) is 5.91 Å². The molecule has 0 radical (unpaired) electrons. The fourth-order valence-corrected chi connectivity index (χ4v) is 3.96. The summed E-state index contributed by atoms with van der Waals surface area (Å²) in [6.45, 7) is 1.02. The summed E-state index contributed by atoms with van der Waals surface area (Å²) < 4.78 is 10.5. The average molecular weight is 446 g/mol. The van der Waals surface area contributed by atoms with Crippen LogP contribution in [0.25, 0.3) is 11.1 Å². The molecule has 0 saturated carbocycles. The first kappa shape index (κ1) is 22.3. The monoisotopic (exact) mass is 445 g/mol. The minimum absolute atomic E-state index is 0.0647. The number of benzene rings is 2. The number of carbonyl (C=O) groups is 2. The Morgan fingerprint density at radius 3 is 2.15 bits per heavy atom. The lowest BCUT2D eigenvalue weighted by Crippen LogP contribution is -2.41. The van der Waals surface area contributed by atoms with E-state index < -0.39 is 0 Å². The molecule has 0 aliphatic carbocycles. The molecule has 2 heterocycles. The number of carbonyl (C=O) groups excluding carboxylic acids is 2. The first-order valence-electron chi connectivity index (χ1n) is 10.9. The van der Waals surface area contributed by atoms with Crippen molar-refractivity contribution in [3.05, 3.63) is 72.4 Å². The van der Waals surface area contributed by atoms with Crippen LogP contribution in [0.5, 0.6) is 11.5 Å². The zero-order valence-electron chi connectivity index (χ0n) is 18.8. The molecule has 0 atom stereocenters. The lowest BCUT2D eigenvalue weighted by Gasteiger charge is -2.31. The molecular weight excluding hydrogens is 418 g/mol. The number of methoxy groups -OCH3 is 2. The van der Waals surface area contributed by atoms with Crippen LogP contribution in [-0.2, 0) is 4.79 Å². The van der Waals surface area contributed by atoms with Gasteiger partial charge in [0, 0.05) is 42.4 Å². The SMILES string of the molecule is COc1cc(OC)cc(C(=O)N2CCC(C(=O)Nc3ccc(-c4ccccc4)cn3)CC2)c1. The summed E-state index contributed by atoms with van der Waals surface area (Å²) in [5, 5.41) is 2.91. The molecule has 170 valence electrons. The summed E-state index contributed by atoms with van der Waals surface area (Å²) in [7, 11) is 3.11. The van der Waals surface area contributed by atoms with Crippen LogP contribution in [0.15, 0.2) is 66.9 Å². The van der Waals surface area contributed by atoms with Gasteiger partial charge in [-0.2, -0.15) is 0 Å². The number of hydrogen-bond acceptors (Lipinski definition) is 5. The van der Waals surface area contributed by atoms with E-state index in [1.165, 1.54) is 0 Å². The Balaban J connectivity index is 1.33. The van der Waals surface area contributed by atoms with Gasteiger partial charge in [0.25, 0.3) is 5.91 Å². The van der Waals surface area contributed by atoms with Gasteiger partial charge in [-0.25, -0.2) is 4.98 Å². The second kappa shape index (κ2) is 10.2. The van der Waals surface area contributed by atoms with Crippen molar-refractivity contribution in [2.45, 2.75) is 12.8 Å². The Kier molecular flexibility index (Phi) is 6.88. The number of nitrogens with one attached hydrogen (secondary N) is 1. The van der Waals surface area contributed by atoms with Gasteiger partial charge in [-0.1, -0.05) is 30.3 Å². The molecule has 1 aliphatic rings. The van der Waals surface area contributed by atoms with E-state index in [4.69, 9.17) is 9.47 Å². The van der Waals surface area contributed by atoms with Gasteiger partial charge in [-0.3, -0.25) is 9.59 Å². The van der Waals surface area contributed by atoms with Gasteiger partial charge in [-0.15, -0.1) is 0 Å². The number of anilines is 1. The topological polar surface area (TPSA) is 80.8 Å². The van der Waals surface area contributed by atoms with Gasteiger partial charge in [0.05, 0.1) is 14.2 Å². The maximum Gasteiger partial charge on any atom is 0.254 e. The van der Waals surface area contributed by atoms with Crippen LogP contribution in [-0.4, -0.2) is 49.0 Å². The predicted octanol–water partition coefficient (Wildman–Crippen LogP) is 4.26. The smallest absolute Gasteiger partial charge is 0.254 e. The third kappa shape index (κ3) is 5.31. The van der Waals surface area contributed by atoms with E-state index in [1.807, 2.05) is 42.5 Å². The highest BCUT2D eigenvalue weighted by atomic mass is 16.5. The number of nitrogens with zero attached hydrogens (tertiary/aromatic N) is 2. The predicted molar refractivity (Wildman–Crippen MR) is 126 cm³/mol. The molecule has 4 rings (SSSR count). The van der Waals surface area contributed by atoms with Gasteiger partial charge in [0.15, 0.2) is 0 Å². The number of ether oxygens (including phenoxy) is 2. The van der Waals surface area contributed by atoms with Gasteiger partial charge in [-0.05, 0) is 42.7 Å². The molecule has 1 aliphatic heterocycles. The molecule has 3 aromatic rings. The first-order chi connectivity index (χ1) is 16.1. The van der Waals surface area contributed by atoms with E-state index in [9.17, 15) is 9.59 Å². The Hall–Kier alpha value is -3.87. The Bertz CT molecular complexity index is 1090. The molecular formula is C26H27N3O4. The summed E-state index contributed by atoms with van der Waals surface area (Å²) in [6.07, 6.45) is 2.95. The van der Waals surface area contributed by atoms with Crippen LogP contribution in [0, 0.1) is 5.92 Å². The lowest BCUT2D eigenvalue weighted by atomic mass is 9.95. The number of piperidine rings is 1. The maximum atomic E-state index is 13.0. The number of pyridine rings is 1. The van der Waals surface area contributed by atoms with E-state index >= 15 is 0 Å². The third-order valence-corrected chi connectivity index (χ3v) is 5.87. The number of likely N-dealkylation sites (tertiary alicyclic amines) is 1. The molecule has 1 aromatic heterocycles. The van der Waals surface area contributed by atoms with Crippen LogP contribution < -0.4 is 14.8 Å². The second-order valence-electron chi connectivity index (χ2n) is 7.96. The number of hydrogen-bond donors (Lipinski definition) is 1. The first-order valence-corrected chi connectivity index (χ1v) is 10.9. The molecule has 33 heavy (non-hydrogen) atoms. The third-order valence-electron chi connectivity index (χ3n) is 5.87. The summed E-state index contributed by atoms with van der Waals surface area (Å²) in [5.41, 5.74) is 2.58. The minimum Gasteiger partial charge on any atom is -0.497 e. The van der Waals surface area contributed by atoms with Crippen molar-refractivity contribution in [1.82, 2.24) is 9.88 Å². The quantitative estimate of drug-likeness (QED) is 0.613. The van der Waals surface area contributed by atoms with Crippen molar-refractivity contribution in [2.75, 3.05) is 32.6 Å². The highest BCUT2D eigenvalue weighted by molar-refractivity contribution is 5.96. The second-order valence-corrected chi connectivity index (χ2v) is 7.96. The molecule has 7 nitrogen and oxygen atoms in total. The van der Waals surface area contributed by atoms with Crippen LogP contribution >= 0.6 is 0 Å². The van der Waals surface area contributed by atoms with Crippen molar-refractivity contribution in [3.63, 3.8) is 0 Å². The number of rotatable bonds is 6. The molecule has 1 N–H and O–H groups in total. The zero-order valence-corrected chi connectivity index (χ0v) is 18.8. The molecule has 1 saturated heterocycles. The van der Waals surface area contributed by atoms with E-state index in [2.05, 4.69) is 10.3 Å². The van der Waals surface area contributed by atoms with Gasteiger partial charge >= 0.3 is 0 Å². The molecule has 0 unspecified atom stereocenters. The molecule has 0 bridgehead atoms. The average Bonchev–Trinajstić information content (AvgIpc) is 2.89. The van der Waals surface area contributed by atoms with Gasteiger partial charge in [0.1, 0.15) is 17.3 Å². The standard InChI is InChI=1S/C26H27N3O4/c1-32-22-14-21(15-23(16-22)33-2)26(31)29-12-10-19(11-13-29)25(30)28-24-9-8-20(17-27-24)18-6-4-3-5-7-18/h3-9,14-17,19H,10-13H2,1-2H3,(H,27,28,30). The maximum absolute atomic E-state index is 13.0. The highest BCUT2D eigenvalue weighted by Gasteiger charge is 2.28. The Labute approximate surface area is 193 Å². The van der Waals surface area contributed by atoms with Crippen LogP contribution in [0.2, 0.25) is 0 Å². The Morgan fingerprint density at radius 1 is 0.909 bits per heavy atom. The molecule has 2 amide bonds. The normalized spacial score (nSPS) is 13.9. The molecule has 7 heteroatoms. The van der Waals surface area contributed by atoms with Crippen molar-refractivity contribution in [3.8, 4) is 22.6 Å². The fraction of sp³-hybridized carbons (Fsp3) is 0.269. The van der Waals surface area contributed by atoms with E-state index in [-0.39, 0.29) is 17.7 Å². The Morgan fingerprint density at radius 2 is 1.58 bits per heavy atom. The van der Waals surface area contributed by atoms with Crippen molar-refractivity contribution in [1.29, 1.82) is 0 Å². The lowest BCUT2D eigenvalue weighted by molar-refractivity contribution is -0.121. The van der Waals surface area contributed by atoms with Gasteiger partial charge < -0.3 is 19.7 Å². The number of aromatic nitrogens is 1. The fourth-order valence-electron chi connectivity index (χ4n) is 3.96. The molecule has 2 aromatic carbocycles. The van der Waals surface area contributed by atoms with E-state index in [1.54, 1.807) is 43.5 Å². The highest BCUT2D eigenvalue weighted by Crippen LogP contribution is 2.26. The molecule has 0 spiro atoms. The summed E-state index contributed by atoms with van der Waals surface area (Å²) in [4.78, 5) is 31.9. The number of amides is 2. The van der Waals surface area contributed by atoms with Crippen molar-refractivity contribution in [2.24, 2.45) is 5.92 Å². The van der Waals surface area contributed by atoms with Crippen LogP contribution in [0.1, 0.15) is 23.2 Å². The van der Waals surface area contributed by atoms with E-state index in [0.29, 0.717) is 48.8 Å². The van der Waals surface area contributed by atoms with E-state index in [0.717, 1.165) is 11.1 Å². The summed E-state index contributed by atoms with van der Waals surface area (Å²) in [5.74, 6) is 1.34. The van der Waals surface area contributed by atoms with Crippen molar-refractivity contribution >= 4 is 17.6 Å². The van der Waals surface area contributed by atoms with Crippen LogP contribution in [0.4, 0.5) is 5.82 Å². The minimum atomic E-state index is -0.163. The zero-order chi connectivity index (χ0) is 23.2. The largest absolute Gasteiger partial charge is 0.497 e. The summed E-state index contributed by atoms with van der Waals surface area (Å²) in [6, 6.07) is 18.9. The molecule has 1 fully saturated rings. The van der Waals surface area contributed by atoms with Crippen LogP contribution in [0.3, 0.4) is 0 Å².